The lowest BCUT2D eigenvalue weighted by Crippen LogP contribution is -2.46. The lowest BCUT2D eigenvalue weighted by atomic mass is 9.94. The number of ether oxygens (including phenoxy) is 1. The Labute approximate surface area is 220 Å². The largest absolute Gasteiger partial charge is 0.427 e. The van der Waals surface area contributed by atoms with Crippen LogP contribution in [0.1, 0.15) is 61.4 Å². The number of anilines is 1. The highest BCUT2D eigenvalue weighted by Crippen LogP contribution is 2.46. The summed E-state index contributed by atoms with van der Waals surface area (Å²) in [7, 11) is 1.51. The SMILES string of the molecule is CCc1cc(F)ccc1[C@@H]1CC[C@@H](C)N1C(=O)CN1C(=O)O[C@@]2(CCc3cc(NC(=O)NC)ccc32)C1=O. The number of nitrogens with zero attached hydrogens (tertiary/aromatic N) is 2. The molecule has 0 bridgehead atoms. The van der Waals surface area contributed by atoms with Crippen molar-refractivity contribution in [1.29, 1.82) is 0 Å². The van der Waals surface area contributed by atoms with Crippen molar-refractivity contribution in [2.24, 2.45) is 0 Å². The van der Waals surface area contributed by atoms with E-state index < -0.39 is 24.1 Å². The summed E-state index contributed by atoms with van der Waals surface area (Å²) in [4.78, 5) is 54.4. The second-order valence-electron chi connectivity index (χ2n) is 10.1. The molecular weight excluding hydrogens is 491 g/mol. The van der Waals surface area contributed by atoms with E-state index in [0.717, 1.165) is 28.0 Å². The minimum Gasteiger partial charge on any atom is -0.427 e. The first kappa shape index (κ1) is 25.7. The maximum absolute atomic E-state index is 13.9. The van der Waals surface area contributed by atoms with Crippen LogP contribution in [0.3, 0.4) is 0 Å². The van der Waals surface area contributed by atoms with Crippen molar-refractivity contribution < 1.29 is 28.3 Å². The standard InChI is InChI=1S/C28H31FN4O5/c1-4-17-13-19(29)6-8-21(17)23-10-5-16(2)33(23)24(34)15-32-25(35)28(38-27(32)37)12-11-18-14-20(7-9-22(18)28)31-26(36)30-3/h6-9,13-14,16,23H,4-5,10-12,15H2,1-3H3,(H2,30,31,36)/t16-,23+,28-/m1/s1. The van der Waals surface area contributed by atoms with Crippen LogP contribution >= 0.6 is 0 Å². The van der Waals surface area contributed by atoms with Crippen molar-refractivity contribution in [3.63, 3.8) is 0 Å². The summed E-state index contributed by atoms with van der Waals surface area (Å²) in [6.45, 7) is 3.46. The zero-order valence-corrected chi connectivity index (χ0v) is 21.7. The molecule has 0 aromatic heterocycles. The molecule has 2 saturated heterocycles. The molecule has 3 aliphatic rings. The van der Waals surface area contributed by atoms with Crippen LogP contribution in [0.25, 0.3) is 0 Å². The lowest BCUT2D eigenvalue weighted by Gasteiger charge is -2.31. The zero-order valence-electron chi connectivity index (χ0n) is 21.7. The van der Waals surface area contributed by atoms with Gasteiger partial charge in [0.25, 0.3) is 5.91 Å². The zero-order chi connectivity index (χ0) is 27.2. The van der Waals surface area contributed by atoms with Crippen LogP contribution in [0.2, 0.25) is 0 Å². The Balaban J connectivity index is 1.37. The number of carbonyl (C=O) groups is 4. The highest BCUT2D eigenvalue weighted by atomic mass is 19.1. The van der Waals surface area contributed by atoms with Gasteiger partial charge in [-0.1, -0.05) is 19.1 Å². The molecule has 5 rings (SSSR count). The molecule has 0 unspecified atom stereocenters. The smallest absolute Gasteiger partial charge is 0.418 e. The molecule has 2 heterocycles. The van der Waals surface area contributed by atoms with Gasteiger partial charge in [0, 0.05) is 30.8 Å². The Hall–Kier alpha value is -3.95. The van der Waals surface area contributed by atoms with Crippen molar-refractivity contribution >= 4 is 29.6 Å². The Morgan fingerprint density at radius 2 is 1.95 bits per heavy atom. The summed E-state index contributed by atoms with van der Waals surface area (Å²) < 4.78 is 19.5. The number of urea groups is 1. The Morgan fingerprint density at radius 1 is 1.16 bits per heavy atom. The molecular formula is C28H31FN4O5. The van der Waals surface area contributed by atoms with E-state index in [0.29, 0.717) is 30.5 Å². The van der Waals surface area contributed by atoms with Crippen molar-refractivity contribution in [3.8, 4) is 0 Å². The average Bonchev–Trinajstić information content (AvgIpc) is 3.53. The van der Waals surface area contributed by atoms with E-state index in [-0.39, 0.29) is 36.3 Å². The molecule has 2 fully saturated rings. The minimum absolute atomic E-state index is 0.0941. The number of rotatable bonds is 5. The summed E-state index contributed by atoms with van der Waals surface area (Å²) in [6, 6.07) is 9.01. The van der Waals surface area contributed by atoms with Crippen LogP contribution in [0, 0.1) is 5.82 Å². The normalized spacial score (nSPS) is 24.1. The molecule has 0 saturated carbocycles. The number of benzene rings is 2. The summed E-state index contributed by atoms with van der Waals surface area (Å²) >= 11 is 0. The lowest BCUT2D eigenvalue weighted by molar-refractivity contribution is -0.143. The quantitative estimate of drug-likeness (QED) is 0.617. The maximum Gasteiger partial charge on any atom is 0.418 e. The molecule has 1 spiro atoms. The topological polar surface area (TPSA) is 108 Å². The van der Waals surface area contributed by atoms with Gasteiger partial charge in [-0.2, -0.15) is 0 Å². The van der Waals surface area contributed by atoms with Gasteiger partial charge in [0.2, 0.25) is 11.5 Å². The van der Waals surface area contributed by atoms with Crippen LogP contribution in [0.4, 0.5) is 19.7 Å². The van der Waals surface area contributed by atoms with E-state index in [4.69, 9.17) is 4.74 Å². The van der Waals surface area contributed by atoms with Gasteiger partial charge >= 0.3 is 12.1 Å². The Bertz CT molecular complexity index is 1330. The predicted octanol–water partition coefficient (Wildman–Crippen LogP) is 4.01. The van der Waals surface area contributed by atoms with Crippen LogP contribution in [-0.4, -0.2) is 53.4 Å². The van der Waals surface area contributed by atoms with E-state index in [9.17, 15) is 23.6 Å². The third-order valence-electron chi connectivity index (χ3n) is 7.94. The van der Waals surface area contributed by atoms with Crippen LogP contribution in [0.5, 0.6) is 0 Å². The van der Waals surface area contributed by atoms with Gasteiger partial charge in [-0.15, -0.1) is 0 Å². The third-order valence-corrected chi connectivity index (χ3v) is 7.94. The highest BCUT2D eigenvalue weighted by molar-refractivity contribution is 6.06. The van der Waals surface area contributed by atoms with E-state index in [1.165, 1.54) is 19.2 Å². The van der Waals surface area contributed by atoms with E-state index in [1.54, 1.807) is 29.2 Å². The van der Waals surface area contributed by atoms with Crippen LogP contribution in [-0.2, 0) is 32.8 Å². The summed E-state index contributed by atoms with van der Waals surface area (Å²) in [5, 5.41) is 5.18. The molecule has 1 aliphatic carbocycles. The van der Waals surface area contributed by atoms with Crippen molar-refractivity contribution in [2.75, 3.05) is 18.9 Å². The fourth-order valence-electron chi connectivity index (χ4n) is 6.06. The van der Waals surface area contributed by atoms with Gasteiger partial charge < -0.3 is 20.3 Å². The number of imide groups is 1. The number of carbonyl (C=O) groups excluding carboxylic acids is 4. The van der Waals surface area contributed by atoms with Gasteiger partial charge in [0.1, 0.15) is 12.4 Å². The van der Waals surface area contributed by atoms with E-state index >= 15 is 0 Å². The molecule has 3 atom stereocenters. The van der Waals surface area contributed by atoms with Crippen molar-refractivity contribution in [1.82, 2.24) is 15.1 Å². The molecule has 0 radical (unpaired) electrons. The van der Waals surface area contributed by atoms with Crippen molar-refractivity contribution in [2.45, 2.75) is 63.6 Å². The molecule has 38 heavy (non-hydrogen) atoms. The van der Waals surface area contributed by atoms with Gasteiger partial charge in [0.05, 0.1) is 6.04 Å². The monoisotopic (exact) mass is 522 g/mol. The average molecular weight is 523 g/mol. The second-order valence-corrected chi connectivity index (χ2v) is 10.1. The number of halogens is 1. The minimum atomic E-state index is -1.47. The van der Waals surface area contributed by atoms with E-state index in [1.807, 2.05) is 13.8 Å². The fraction of sp³-hybridized carbons (Fsp3) is 0.429. The second kappa shape index (κ2) is 9.74. The first-order valence-corrected chi connectivity index (χ1v) is 12.9. The maximum atomic E-state index is 13.9. The highest BCUT2D eigenvalue weighted by Gasteiger charge is 2.58. The molecule has 200 valence electrons. The molecule has 2 aromatic rings. The first-order chi connectivity index (χ1) is 18.2. The van der Waals surface area contributed by atoms with Crippen molar-refractivity contribution in [3.05, 3.63) is 64.5 Å². The molecule has 2 aliphatic heterocycles. The number of aryl methyl sites for hydroxylation is 2. The number of hydrogen-bond donors (Lipinski definition) is 2. The third kappa shape index (κ3) is 4.17. The number of likely N-dealkylation sites (tertiary alicyclic amines) is 1. The van der Waals surface area contributed by atoms with Gasteiger partial charge in [-0.25, -0.2) is 18.9 Å². The number of hydrogen-bond acceptors (Lipinski definition) is 5. The first-order valence-electron chi connectivity index (χ1n) is 12.9. The van der Waals surface area contributed by atoms with Crippen LogP contribution < -0.4 is 10.6 Å². The molecule has 2 aromatic carbocycles. The summed E-state index contributed by atoms with van der Waals surface area (Å²) in [5.41, 5.74) is 2.19. The number of nitrogens with one attached hydrogen (secondary N) is 2. The number of fused-ring (bicyclic) bond motifs is 2. The molecule has 9 nitrogen and oxygen atoms in total. The van der Waals surface area contributed by atoms with Gasteiger partial charge in [-0.3, -0.25) is 9.59 Å². The van der Waals surface area contributed by atoms with Gasteiger partial charge in [0.15, 0.2) is 0 Å². The van der Waals surface area contributed by atoms with E-state index in [2.05, 4.69) is 10.6 Å². The summed E-state index contributed by atoms with van der Waals surface area (Å²) in [5.74, 6) is -1.23. The molecule has 2 N–H and O–H groups in total. The number of amides is 5. The Morgan fingerprint density at radius 3 is 2.68 bits per heavy atom. The van der Waals surface area contributed by atoms with Crippen LogP contribution in [0.15, 0.2) is 36.4 Å². The summed E-state index contributed by atoms with van der Waals surface area (Å²) in [6.07, 6.45) is 2.00. The molecule has 10 heteroatoms. The fourth-order valence-corrected chi connectivity index (χ4v) is 6.06. The molecule has 5 amide bonds. The Kier molecular flexibility index (Phi) is 6.58. The van der Waals surface area contributed by atoms with Gasteiger partial charge in [-0.05, 0) is 73.6 Å². The predicted molar refractivity (Wildman–Crippen MR) is 137 cm³/mol.